The number of aliphatic carboxylic acids is 1. The molecule has 0 bridgehead atoms. The topological polar surface area (TPSA) is 83.0 Å². The van der Waals surface area contributed by atoms with Crippen molar-refractivity contribution in [3.8, 4) is 0 Å². The second-order valence-electron chi connectivity index (χ2n) is 3.61. The zero-order chi connectivity index (χ0) is 11.6. The number of hydrogen-bond acceptors (Lipinski definition) is 4. The number of carbonyl (C=O) groups is 1. The van der Waals surface area contributed by atoms with Crippen molar-refractivity contribution < 1.29 is 9.90 Å². The van der Waals surface area contributed by atoms with Crippen molar-refractivity contribution in [1.29, 1.82) is 0 Å². The fourth-order valence-electron chi connectivity index (χ4n) is 0.885. The molecule has 82 valence electrons. The second kappa shape index (κ2) is 4.06. The maximum Gasteiger partial charge on any atom is 0.319 e. The summed E-state index contributed by atoms with van der Waals surface area (Å²) in [4.78, 5) is 28.5. The summed E-state index contributed by atoms with van der Waals surface area (Å²) < 4.78 is -1.01. The van der Waals surface area contributed by atoms with Gasteiger partial charge in [-0.05, 0) is 20.8 Å². The Hall–Kier alpha value is -1.30. The number of carboxylic acids is 1. The highest BCUT2D eigenvalue weighted by Gasteiger charge is 2.29. The molecule has 1 heterocycles. The van der Waals surface area contributed by atoms with Crippen molar-refractivity contribution in [2.75, 3.05) is 0 Å². The minimum atomic E-state index is -1.01. The molecule has 0 unspecified atom stereocenters. The van der Waals surface area contributed by atoms with Crippen LogP contribution in [-0.2, 0) is 4.79 Å². The van der Waals surface area contributed by atoms with Crippen LogP contribution in [0.5, 0.6) is 0 Å². The van der Waals surface area contributed by atoms with Gasteiger partial charge < -0.3 is 10.1 Å². The lowest BCUT2D eigenvalue weighted by Gasteiger charge is -2.17. The van der Waals surface area contributed by atoms with E-state index in [0.717, 1.165) is 11.8 Å². The van der Waals surface area contributed by atoms with Crippen LogP contribution in [0.1, 0.15) is 19.5 Å². The molecule has 0 atom stereocenters. The third kappa shape index (κ3) is 3.09. The number of nitrogens with one attached hydrogen (secondary N) is 1. The number of rotatable bonds is 3. The molecular weight excluding hydrogens is 216 g/mol. The van der Waals surface area contributed by atoms with E-state index in [0.29, 0.717) is 10.9 Å². The number of aryl methyl sites for hydroxylation is 1. The molecule has 0 aliphatic heterocycles. The average molecular weight is 228 g/mol. The smallest absolute Gasteiger partial charge is 0.319 e. The largest absolute Gasteiger partial charge is 0.480 e. The Labute approximate surface area is 90.9 Å². The van der Waals surface area contributed by atoms with E-state index < -0.39 is 10.7 Å². The van der Waals surface area contributed by atoms with Crippen molar-refractivity contribution in [3.05, 3.63) is 22.1 Å². The van der Waals surface area contributed by atoms with E-state index in [1.165, 1.54) is 6.07 Å². The third-order valence-electron chi connectivity index (χ3n) is 1.71. The van der Waals surface area contributed by atoms with E-state index in [4.69, 9.17) is 5.11 Å². The Kier molecular flexibility index (Phi) is 3.18. The van der Waals surface area contributed by atoms with Crippen LogP contribution >= 0.6 is 11.8 Å². The van der Waals surface area contributed by atoms with Crippen LogP contribution in [0.25, 0.3) is 0 Å². The Morgan fingerprint density at radius 2 is 2.20 bits per heavy atom. The van der Waals surface area contributed by atoms with Crippen molar-refractivity contribution in [2.45, 2.75) is 30.7 Å². The van der Waals surface area contributed by atoms with Gasteiger partial charge in [-0.3, -0.25) is 9.59 Å². The lowest BCUT2D eigenvalue weighted by Crippen LogP contribution is -2.28. The predicted molar refractivity (Wildman–Crippen MR) is 57.2 cm³/mol. The van der Waals surface area contributed by atoms with Crippen LogP contribution in [-0.4, -0.2) is 25.8 Å². The van der Waals surface area contributed by atoms with Crippen LogP contribution in [0.2, 0.25) is 0 Å². The highest BCUT2D eigenvalue weighted by Crippen LogP contribution is 2.29. The zero-order valence-corrected chi connectivity index (χ0v) is 9.51. The Morgan fingerprint density at radius 3 is 2.67 bits per heavy atom. The van der Waals surface area contributed by atoms with E-state index >= 15 is 0 Å². The maximum absolute atomic E-state index is 11.1. The van der Waals surface area contributed by atoms with Crippen molar-refractivity contribution in [3.63, 3.8) is 0 Å². The predicted octanol–water partition coefficient (Wildman–Crippen LogP) is 1.03. The number of aromatic nitrogens is 2. The number of H-pyrrole nitrogens is 1. The minimum absolute atomic E-state index is 0.272. The fraction of sp³-hybridized carbons (Fsp3) is 0.444. The molecule has 0 aliphatic carbocycles. The molecule has 0 saturated heterocycles. The molecular formula is C9H12N2O3S. The second-order valence-corrected chi connectivity index (χ2v) is 5.22. The minimum Gasteiger partial charge on any atom is -0.480 e. The van der Waals surface area contributed by atoms with Gasteiger partial charge in [-0.1, -0.05) is 11.8 Å². The van der Waals surface area contributed by atoms with Gasteiger partial charge in [-0.25, -0.2) is 4.98 Å². The summed E-state index contributed by atoms with van der Waals surface area (Å²) in [5.41, 5.74) is 0.300. The standard InChI is InChI=1S/C9H12N2O3S/c1-5-4-6(12)11-8(10-5)15-9(2,3)7(13)14/h4H,1-3H3,(H,13,14)(H,10,11,12). The summed E-state index contributed by atoms with van der Waals surface area (Å²) in [6.07, 6.45) is 0. The lowest BCUT2D eigenvalue weighted by atomic mass is 10.2. The maximum atomic E-state index is 11.1. The van der Waals surface area contributed by atoms with E-state index in [9.17, 15) is 9.59 Å². The summed E-state index contributed by atoms with van der Waals surface area (Å²) in [5.74, 6) is -0.948. The highest BCUT2D eigenvalue weighted by atomic mass is 32.2. The van der Waals surface area contributed by atoms with E-state index in [1.807, 2.05) is 0 Å². The number of nitrogens with zero attached hydrogens (tertiary/aromatic N) is 1. The first-order valence-corrected chi connectivity index (χ1v) is 5.13. The lowest BCUT2D eigenvalue weighted by molar-refractivity contribution is -0.138. The molecule has 2 N–H and O–H groups in total. The van der Waals surface area contributed by atoms with Crippen LogP contribution in [0, 0.1) is 6.92 Å². The van der Waals surface area contributed by atoms with E-state index in [1.54, 1.807) is 20.8 Å². The Bertz CT molecular complexity index is 439. The monoisotopic (exact) mass is 228 g/mol. The van der Waals surface area contributed by atoms with Crippen molar-refractivity contribution >= 4 is 17.7 Å². The number of carboxylic acid groups (broad SMARTS) is 1. The summed E-state index contributed by atoms with van der Waals surface area (Å²) in [6.45, 7) is 4.80. The molecule has 0 spiro atoms. The van der Waals surface area contributed by atoms with Gasteiger partial charge in [0.15, 0.2) is 5.16 Å². The molecule has 0 saturated carbocycles. The van der Waals surface area contributed by atoms with Crippen LogP contribution < -0.4 is 5.56 Å². The van der Waals surface area contributed by atoms with Gasteiger partial charge in [0, 0.05) is 11.8 Å². The first kappa shape index (κ1) is 11.8. The quantitative estimate of drug-likeness (QED) is 0.596. The molecule has 0 aliphatic rings. The van der Waals surface area contributed by atoms with E-state index in [2.05, 4.69) is 9.97 Å². The summed E-state index contributed by atoms with van der Waals surface area (Å²) in [5, 5.41) is 9.23. The van der Waals surface area contributed by atoms with Gasteiger partial charge in [0.1, 0.15) is 4.75 Å². The molecule has 0 radical (unpaired) electrons. The number of hydrogen-bond donors (Lipinski definition) is 2. The van der Waals surface area contributed by atoms with Gasteiger partial charge in [0.25, 0.3) is 5.56 Å². The summed E-state index contributed by atoms with van der Waals surface area (Å²) in [6, 6.07) is 1.36. The average Bonchev–Trinajstić information content (AvgIpc) is 1.99. The van der Waals surface area contributed by atoms with Crippen LogP contribution in [0.4, 0.5) is 0 Å². The molecule has 1 aromatic heterocycles. The SMILES string of the molecule is Cc1cc(=O)[nH]c(SC(C)(C)C(=O)O)n1. The van der Waals surface area contributed by atoms with Gasteiger partial charge >= 0.3 is 5.97 Å². The number of aromatic amines is 1. The zero-order valence-electron chi connectivity index (χ0n) is 8.70. The normalized spacial score (nSPS) is 11.4. The Morgan fingerprint density at radius 1 is 1.60 bits per heavy atom. The molecule has 0 amide bonds. The Balaban J connectivity index is 2.99. The molecule has 0 fully saturated rings. The van der Waals surface area contributed by atoms with Gasteiger partial charge in [-0.15, -0.1) is 0 Å². The number of thioether (sulfide) groups is 1. The first-order valence-electron chi connectivity index (χ1n) is 4.31. The van der Waals surface area contributed by atoms with Gasteiger partial charge in [-0.2, -0.15) is 0 Å². The highest BCUT2D eigenvalue weighted by molar-refractivity contribution is 8.01. The van der Waals surface area contributed by atoms with Gasteiger partial charge in [0.05, 0.1) is 0 Å². The third-order valence-corrected chi connectivity index (χ3v) is 2.79. The van der Waals surface area contributed by atoms with Crippen molar-refractivity contribution in [2.24, 2.45) is 0 Å². The molecule has 0 aromatic carbocycles. The molecule has 5 nitrogen and oxygen atoms in total. The van der Waals surface area contributed by atoms with Crippen LogP contribution in [0.3, 0.4) is 0 Å². The first-order chi connectivity index (χ1) is 6.81. The van der Waals surface area contributed by atoms with Crippen LogP contribution in [0.15, 0.2) is 16.0 Å². The van der Waals surface area contributed by atoms with Gasteiger partial charge in [0.2, 0.25) is 0 Å². The summed E-state index contributed by atoms with van der Waals surface area (Å²) >= 11 is 1.02. The molecule has 6 heteroatoms. The molecule has 1 aromatic rings. The summed E-state index contributed by atoms with van der Waals surface area (Å²) in [7, 11) is 0. The fourth-order valence-corrected chi connectivity index (χ4v) is 1.80. The molecule has 15 heavy (non-hydrogen) atoms. The molecule has 1 rings (SSSR count). The van der Waals surface area contributed by atoms with Crippen molar-refractivity contribution in [1.82, 2.24) is 9.97 Å². The van der Waals surface area contributed by atoms with E-state index in [-0.39, 0.29) is 5.56 Å².